The molecule has 3 rings (SSSR count). The van der Waals surface area contributed by atoms with Crippen LogP contribution in [0.5, 0.6) is 17.2 Å². The largest absolute Gasteiger partial charge is 0.497 e. The SMILES string of the molecule is COc1ccc(OC)c(/C=N\NC(=O)C(=O)Nc2ccc(OCc3ccccc3)cc2)c1. The molecule has 0 fully saturated rings. The maximum Gasteiger partial charge on any atom is 0.329 e. The van der Waals surface area contributed by atoms with Crippen LogP contribution >= 0.6 is 0 Å². The fourth-order valence-electron chi connectivity index (χ4n) is 2.71. The van der Waals surface area contributed by atoms with E-state index in [1.807, 2.05) is 30.3 Å². The number of hydrazone groups is 1. The lowest BCUT2D eigenvalue weighted by molar-refractivity contribution is -0.136. The van der Waals surface area contributed by atoms with Crippen LogP contribution in [0.1, 0.15) is 11.1 Å². The Bertz CT molecular complexity index is 1080. The Balaban J connectivity index is 1.51. The lowest BCUT2D eigenvalue weighted by atomic mass is 10.2. The summed E-state index contributed by atoms with van der Waals surface area (Å²) in [5.74, 6) is 0.0358. The number of nitrogens with zero attached hydrogens (tertiary/aromatic N) is 1. The standard InChI is InChI=1S/C24H23N3O5/c1-30-21-12-13-22(31-2)18(14-21)15-25-27-24(29)23(28)26-19-8-10-20(11-9-19)32-16-17-6-4-3-5-7-17/h3-15H,16H2,1-2H3,(H,26,28)(H,27,29)/b25-15-. The molecule has 0 radical (unpaired) electrons. The smallest absolute Gasteiger partial charge is 0.329 e. The van der Waals surface area contributed by atoms with Crippen LogP contribution in [-0.4, -0.2) is 32.2 Å². The van der Waals surface area contributed by atoms with E-state index >= 15 is 0 Å². The van der Waals surface area contributed by atoms with E-state index in [4.69, 9.17) is 14.2 Å². The van der Waals surface area contributed by atoms with Crippen molar-refractivity contribution in [3.05, 3.63) is 83.9 Å². The first-order chi connectivity index (χ1) is 15.6. The maximum atomic E-state index is 12.1. The Kier molecular flexibility index (Phi) is 7.80. The minimum absolute atomic E-state index is 0.436. The number of carbonyl (C=O) groups excluding carboxylic acids is 2. The van der Waals surface area contributed by atoms with Crippen LogP contribution in [0.25, 0.3) is 0 Å². The van der Waals surface area contributed by atoms with Gasteiger partial charge in [-0.25, -0.2) is 5.43 Å². The van der Waals surface area contributed by atoms with Crippen molar-refractivity contribution in [3.63, 3.8) is 0 Å². The summed E-state index contributed by atoms with van der Waals surface area (Å²) < 4.78 is 16.1. The summed E-state index contributed by atoms with van der Waals surface area (Å²) in [5.41, 5.74) is 4.27. The molecule has 0 unspecified atom stereocenters. The molecule has 0 aliphatic carbocycles. The maximum absolute atomic E-state index is 12.1. The monoisotopic (exact) mass is 433 g/mol. The second kappa shape index (κ2) is 11.2. The quantitative estimate of drug-likeness (QED) is 0.322. The Labute approximate surface area is 185 Å². The Morgan fingerprint density at radius 2 is 1.59 bits per heavy atom. The lowest BCUT2D eigenvalue weighted by Crippen LogP contribution is -2.32. The molecule has 0 aromatic heterocycles. The van der Waals surface area contributed by atoms with Crippen molar-refractivity contribution in [1.29, 1.82) is 0 Å². The molecule has 0 saturated heterocycles. The minimum atomic E-state index is -0.910. The van der Waals surface area contributed by atoms with Crippen LogP contribution in [0, 0.1) is 0 Å². The molecule has 32 heavy (non-hydrogen) atoms. The highest BCUT2D eigenvalue weighted by atomic mass is 16.5. The summed E-state index contributed by atoms with van der Waals surface area (Å²) in [7, 11) is 3.06. The predicted octanol–water partition coefficient (Wildman–Crippen LogP) is 3.37. The number of hydrogen-bond acceptors (Lipinski definition) is 6. The number of ether oxygens (including phenoxy) is 3. The molecule has 8 heteroatoms. The molecule has 0 heterocycles. The third-order valence-electron chi connectivity index (χ3n) is 4.37. The molecule has 0 bridgehead atoms. The fourth-order valence-corrected chi connectivity index (χ4v) is 2.71. The second-order valence-corrected chi connectivity index (χ2v) is 6.56. The van der Waals surface area contributed by atoms with Crippen molar-refractivity contribution in [2.75, 3.05) is 19.5 Å². The first-order valence-corrected chi connectivity index (χ1v) is 9.72. The molecule has 0 atom stereocenters. The number of amides is 2. The van der Waals surface area contributed by atoms with Gasteiger partial charge in [-0.2, -0.15) is 5.10 Å². The summed E-state index contributed by atoms with van der Waals surface area (Å²) >= 11 is 0. The van der Waals surface area contributed by atoms with E-state index in [1.54, 1.807) is 42.5 Å². The molecule has 164 valence electrons. The number of nitrogens with one attached hydrogen (secondary N) is 2. The van der Waals surface area contributed by atoms with Gasteiger partial charge in [0, 0.05) is 11.3 Å². The van der Waals surface area contributed by atoms with Gasteiger partial charge in [0.05, 0.1) is 20.4 Å². The van der Waals surface area contributed by atoms with E-state index in [1.165, 1.54) is 20.4 Å². The lowest BCUT2D eigenvalue weighted by Gasteiger charge is -2.08. The Morgan fingerprint density at radius 1 is 0.875 bits per heavy atom. The van der Waals surface area contributed by atoms with Gasteiger partial charge in [0.15, 0.2) is 0 Å². The van der Waals surface area contributed by atoms with E-state index in [0.29, 0.717) is 35.1 Å². The van der Waals surface area contributed by atoms with Gasteiger partial charge in [0.2, 0.25) is 0 Å². The summed E-state index contributed by atoms with van der Waals surface area (Å²) in [6.45, 7) is 0.436. The first kappa shape index (κ1) is 22.4. The fraction of sp³-hybridized carbons (Fsp3) is 0.125. The third kappa shape index (κ3) is 6.33. The highest BCUT2D eigenvalue weighted by molar-refractivity contribution is 6.39. The van der Waals surface area contributed by atoms with Crippen LogP contribution in [0.15, 0.2) is 77.9 Å². The van der Waals surface area contributed by atoms with Gasteiger partial charge >= 0.3 is 11.8 Å². The number of benzene rings is 3. The molecule has 0 spiro atoms. The normalized spacial score (nSPS) is 10.4. The number of rotatable bonds is 8. The Morgan fingerprint density at radius 3 is 2.28 bits per heavy atom. The van der Waals surface area contributed by atoms with E-state index in [0.717, 1.165) is 5.56 Å². The minimum Gasteiger partial charge on any atom is -0.497 e. The Hall–Kier alpha value is -4.33. The molecule has 0 aliphatic rings. The van der Waals surface area contributed by atoms with Gasteiger partial charge in [0.25, 0.3) is 0 Å². The molecule has 2 amide bonds. The van der Waals surface area contributed by atoms with Crippen LogP contribution in [0.3, 0.4) is 0 Å². The van der Waals surface area contributed by atoms with Crippen LogP contribution in [0.4, 0.5) is 5.69 Å². The zero-order chi connectivity index (χ0) is 22.8. The second-order valence-electron chi connectivity index (χ2n) is 6.56. The molecule has 0 saturated carbocycles. The molecule has 3 aromatic carbocycles. The summed E-state index contributed by atoms with van der Waals surface area (Å²) in [5, 5.41) is 6.32. The van der Waals surface area contributed by atoms with Crippen molar-refractivity contribution < 1.29 is 23.8 Å². The molecular weight excluding hydrogens is 410 g/mol. The number of carbonyl (C=O) groups is 2. The van der Waals surface area contributed by atoms with Crippen molar-refractivity contribution in [1.82, 2.24) is 5.43 Å². The van der Waals surface area contributed by atoms with E-state index in [2.05, 4.69) is 15.8 Å². The summed E-state index contributed by atoms with van der Waals surface area (Å²) in [6, 6.07) is 21.6. The predicted molar refractivity (Wildman–Crippen MR) is 121 cm³/mol. The summed E-state index contributed by atoms with van der Waals surface area (Å²) in [4.78, 5) is 24.1. The van der Waals surface area contributed by atoms with Gasteiger partial charge < -0.3 is 19.5 Å². The highest BCUT2D eigenvalue weighted by Gasteiger charge is 2.13. The first-order valence-electron chi connectivity index (χ1n) is 9.72. The van der Waals surface area contributed by atoms with E-state index in [-0.39, 0.29) is 0 Å². The number of methoxy groups -OCH3 is 2. The third-order valence-corrected chi connectivity index (χ3v) is 4.37. The number of hydrogen-bond donors (Lipinski definition) is 2. The van der Waals surface area contributed by atoms with Gasteiger partial charge in [-0.1, -0.05) is 30.3 Å². The van der Waals surface area contributed by atoms with Gasteiger partial charge in [0.1, 0.15) is 23.9 Å². The molecular formula is C24H23N3O5. The van der Waals surface area contributed by atoms with Crippen LogP contribution in [0.2, 0.25) is 0 Å². The van der Waals surface area contributed by atoms with Gasteiger partial charge in [-0.15, -0.1) is 0 Å². The van der Waals surface area contributed by atoms with Crippen molar-refractivity contribution in [2.45, 2.75) is 6.61 Å². The highest BCUT2D eigenvalue weighted by Crippen LogP contribution is 2.22. The van der Waals surface area contributed by atoms with Crippen molar-refractivity contribution in [3.8, 4) is 17.2 Å². The topological polar surface area (TPSA) is 98.3 Å². The zero-order valence-corrected chi connectivity index (χ0v) is 17.7. The van der Waals surface area contributed by atoms with Gasteiger partial charge in [-0.05, 0) is 48.0 Å². The average Bonchev–Trinajstić information content (AvgIpc) is 2.84. The summed E-state index contributed by atoms with van der Waals surface area (Å²) in [6.07, 6.45) is 1.37. The average molecular weight is 433 g/mol. The van der Waals surface area contributed by atoms with E-state index in [9.17, 15) is 9.59 Å². The number of anilines is 1. The van der Waals surface area contributed by atoms with Crippen molar-refractivity contribution >= 4 is 23.7 Å². The molecule has 2 N–H and O–H groups in total. The zero-order valence-electron chi connectivity index (χ0n) is 17.7. The van der Waals surface area contributed by atoms with Crippen LogP contribution < -0.4 is 25.0 Å². The molecule has 8 nitrogen and oxygen atoms in total. The van der Waals surface area contributed by atoms with Gasteiger partial charge in [-0.3, -0.25) is 9.59 Å². The molecule has 3 aromatic rings. The van der Waals surface area contributed by atoms with Crippen LogP contribution in [-0.2, 0) is 16.2 Å². The van der Waals surface area contributed by atoms with E-state index < -0.39 is 11.8 Å². The van der Waals surface area contributed by atoms with Crippen molar-refractivity contribution in [2.24, 2.45) is 5.10 Å². The molecule has 0 aliphatic heterocycles.